The predicted molar refractivity (Wildman–Crippen MR) is 212 cm³/mol. The van der Waals surface area contributed by atoms with E-state index in [2.05, 4.69) is 39.3 Å². The molecule has 0 saturated heterocycles. The van der Waals surface area contributed by atoms with Gasteiger partial charge in [0.25, 0.3) is 0 Å². The second kappa shape index (κ2) is 23.0. The molecule has 4 nitrogen and oxygen atoms in total. The Labute approximate surface area is 300 Å². The molecule has 0 fully saturated rings. The lowest BCUT2D eigenvalue weighted by Crippen LogP contribution is -2.60. The zero-order valence-corrected chi connectivity index (χ0v) is 29.4. The van der Waals surface area contributed by atoms with E-state index in [0.717, 1.165) is 22.5 Å². The van der Waals surface area contributed by atoms with Gasteiger partial charge in [-0.1, -0.05) is 141 Å². The first-order valence-corrected chi connectivity index (χ1v) is 17.3. The van der Waals surface area contributed by atoms with Gasteiger partial charge in [0.15, 0.2) is 30.2 Å². The van der Waals surface area contributed by atoms with Crippen LogP contribution in [0.5, 0.6) is 0 Å². The molecule has 5 rings (SSSR count). The third-order valence-corrected chi connectivity index (χ3v) is 7.75. The number of aromatic nitrogens is 1. The Morgan fingerprint density at radius 1 is 0.580 bits per heavy atom. The summed E-state index contributed by atoms with van der Waals surface area (Å²) < 4.78 is 2.00. The number of carbonyl (C=O) groups is 2. The molecular weight excluding hydrogens is 613 g/mol. The number of benzene rings is 4. The summed E-state index contributed by atoms with van der Waals surface area (Å²) in [6.45, 7) is 12.7. The van der Waals surface area contributed by atoms with Gasteiger partial charge in [0.2, 0.25) is 11.4 Å². The first kappa shape index (κ1) is 40.7. The third-order valence-electron chi connectivity index (χ3n) is 7.75. The molecule has 4 aromatic carbocycles. The van der Waals surface area contributed by atoms with E-state index in [1.165, 1.54) is 32.1 Å². The van der Waals surface area contributed by atoms with E-state index in [9.17, 15) is 9.59 Å². The standard InChI is InChI=1S/C36H27N2O2.C5H12.C4H10.CH4/c1-2-27(21-24-37-33-17-13-31(14-18-33)35(39)29-9-5-3-6-10-29)28-22-25-38(26-23-28)34-19-15-32(16-20-34)36(40)30-11-7-4-8-12-30;1-3-5-4-2;1-3-4-2;/h2-26H,1H2;3-5H2,1-2H3;3-4H2,1-2H3;1H4/q+1;;;/p+1/b27-21+,37-24?;;;. The minimum absolute atomic E-state index is 0. The van der Waals surface area contributed by atoms with Crippen molar-refractivity contribution < 1.29 is 19.1 Å². The highest BCUT2D eigenvalue weighted by Crippen LogP contribution is 2.15. The zero-order chi connectivity index (χ0) is 35.3. The molecule has 0 amide bonds. The summed E-state index contributed by atoms with van der Waals surface area (Å²) in [4.78, 5) is 28.5. The van der Waals surface area contributed by atoms with Crippen molar-refractivity contribution in [3.63, 3.8) is 0 Å². The SMILES string of the molecule is C.C=C/C(=C\C=[NH+]c1ccc(C(=O)c2ccccc2)cc1)c1cc[n+](-c2ccc(C(=O)c3ccccc3)cc2)cc1.CCCC.CCCCC. The minimum atomic E-state index is 0. The van der Waals surface area contributed by atoms with Crippen LogP contribution >= 0.6 is 0 Å². The molecule has 5 aromatic rings. The number of nitrogens with zero attached hydrogens (tertiary/aromatic N) is 1. The van der Waals surface area contributed by atoms with Crippen molar-refractivity contribution >= 4 is 29.0 Å². The Balaban J connectivity index is 0.000000774. The second-order valence-corrected chi connectivity index (χ2v) is 11.5. The molecule has 1 heterocycles. The summed E-state index contributed by atoms with van der Waals surface area (Å²) in [7, 11) is 0. The first-order valence-electron chi connectivity index (χ1n) is 17.3. The van der Waals surface area contributed by atoms with Crippen LogP contribution in [0.4, 0.5) is 5.69 Å². The van der Waals surface area contributed by atoms with Crippen molar-refractivity contribution in [2.24, 2.45) is 0 Å². The molecule has 0 unspecified atom stereocenters. The highest BCUT2D eigenvalue weighted by Gasteiger charge is 2.12. The van der Waals surface area contributed by atoms with Crippen molar-refractivity contribution in [3.05, 3.63) is 180 Å². The molecule has 1 N–H and O–H groups in total. The molecule has 1 aromatic heterocycles. The maximum absolute atomic E-state index is 12.7. The molecule has 0 atom stereocenters. The van der Waals surface area contributed by atoms with Crippen molar-refractivity contribution in [2.45, 2.75) is 67.2 Å². The highest BCUT2D eigenvalue weighted by atomic mass is 16.1. The topological polar surface area (TPSA) is 52.0 Å². The molecule has 0 aliphatic rings. The highest BCUT2D eigenvalue weighted by molar-refractivity contribution is 6.09. The summed E-state index contributed by atoms with van der Waals surface area (Å²) in [5, 5.41) is 0. The normalized spacial score (nSPS) is 10.5. The fourth-order valence-corrected chi connectivity index (χ4v) is 4.67. The van der Waals surface area contributed by atoms with Crippen LogP contribution in [-0.4, -0.2) is 17.8 Å². The number of rotatable bonds is 12. The summed E-state index contributed by atoms with van der Waals surface area (Å²) >= 11 is 0. The summed E-state index contributed by atoms with van der Waals surface area (Å²) in [5.41, 5.74) is 6.47. The van der Waals surface area contributed by atoms with E-state index in [-0.39, 0.29) is 19.0 Å². The van der Waals surface area contributed by atoms with Crippen molar-refractivity contribution in [2.75, 3.05) is 0 Å². The molecule has 50 heavy (non-hydrogen) atoms. The van der Waals surface area contributed by atoms with E-state index < -0.39 is 0 Å². The molecule has 0 radical (unpaired) electrons. The van der Waals surface area contributed by atoms with Crippen LogP contribution in [-0.2, 0) is 0 Å². The van der Waals surface area contributed by atoms with Gasteiger partial charge in [0, 0.05) is 64.7 Å². The van der Waals surface area contributed by atoms with Gasteiger partial charge >= 0.3 is 0 Å². The Hall–Kier alpha value is -5.48. The van der Waals surface area contributed by atoms with E-state index in [4.69, 9.17) is 0 Å². The number of unbranched alkanes of at least 4 members (excludes halogenated alkanes) is 3. The van der Waals surface area contributed by atoms with Gasteiger partial charge in [-0.2, -0.15) is 4.57 Å². The Bertz CT molecular complexity index is 1770. The average Bonchev–Trinajstić information content (AvgIpc) is 3.18. The maximum Gasteiger partial charge on any atom is 0.210 e. The quantitative estimate of drug-likeness (QED) is 0.0624. The van der Waals surface area contributed by atoms with Crippen LogP contribution in [0.3, 0.4) is 0 Å². The van der Waals surface area contributed by atoms with Gasteiger partial charge in [0.05, 0.1) is 0 Å². The molecule has 0 aliphatic carbocycles. The molecular formula is C46H54N2O2+2. The average molecular weight is 667 g/mol. The second-order valence-electron chi connectivity index (χ2n) is 11.5. The van der Waals surface area contributed by atoms with Crippen molar-refractivity contribution in [1.29, 1.82) is 0 Å². The lowest BCUT2D eigenvalue weighted by Gasteiger charge is -2.03. The molecule has 0 spiro atoms. The monoisotopic (exact) mass is 666 g/mol. The van der Waals surface area contributed by atoms with Crippen LogP contribution < -0.4 is 9.56 Å². The predicted octanol–water partition coefficient (Wildman–Crippen LogP) is 10.1. The van der Waals surface area contributed by atoms with Gasteiger partial charge in [-0.25, -0.2) is 4.99 Å². The zero-order valence-electron chi connectivity index (χ0n) is 29.4. The van der Waals surface area contributed by atoms with E-state index in [1.807, 2.05) is 157 Å². The van der Waals surface area contributed by atoms with Gasteiger partial charge < -0.3 is 0 Å². The molecule has 258 valence electrons. The fraction of sp³-hybridized carbons (Fsp3) is 0.217. The maximum atomic E-state index is 12.7. The lowest BCUT2D eigenvalue weighted by molar-refractivity contribution is -0.595. The van der Waals surface area contributed by atoms with Gasteiger partial charge in [-0.05, 0) is 35.4 Å². The largest absolute Gasteiger partial charge is 0.289 e. The van der Waals surface area contributed by atoms with Gasteiger partial charge in [-0.15, -0.1) is 0 Å². The number of allylic oxidation sites excluding steroid dienone is 3. The van der Waals surface area contributed by atoms with Gasteiger partial charge in [-0.3, -0.25) is 9.59 Å². The first-order chi connectivity index (χ1) is 23.9. The number of pyridine rings is 1. The minimum Gasteiger partial charge on any atom is -0.289 e. The van der Waals surface area contributed by atoms with Crippen LogP contribution in [0, 0.1) is 0 Å². The number of nitrogens with one attached hydrogen (secondary N) is 1. The van der Waals surface area contributed by atoms with E-state index >= 15 is 0 Å². The van der Waals surface area contributed by atoms with Crippen LogP contribution in [0.2, 0.25) is 0 Å². The number of hydrogen-bond donors (Lipinski definition) is 1. The summed E-state index contributed by atoms with van der Waals surface area (Å²) in [5.74, 6) is 0.0117. The fourth-order valence-electron chi connectivity index (χ4n) is 4.67. The van der Waals surface area contributed by atoms with Crippen LogP contribution in [0.25, 0.3) is 11.3 Å². The number of carbonyl (C=O) groups excluding carboxylic acids is 2. The van der Waals surface area contributed by atoms with E-state index in [1.54, 1.807) is 0 Å². The van der Waals surface area contributed by atoms with Gasteiger partial charge in [0.1, 0.15) is 0 Å². The van der Waals surface area contributed by atoms with Crippen LogP contribution in [0.15, 0.2) is 152 Å². The summed E-state index contributed by atoms with van der Waals surface area (Å²) in [6.07, 6.45) is 16.3. The van der Waals surface area contributed by atoms with Crippen molar-refractivity contribution in [3.8, 4) is 5.69 Å². The van der Waals surface area contributed by atoms with E-state index in [0.29, 0.717) is 22.3 Å². The molecule has 0 saturated carbocycles. The molecule has 0 aliphatic heterocycles. The number of ketones is 2. The Morgan fingerprint density at radius 3 is 1.42 bits per heavy atom. The van der Waals surface area contributed by atoms with Crippen molar-refractivity contribution in [1.82, 2.24) is 0 Å². The Morgan fingerprint density at radius 2 is 1.02 bits per heavy atom. The number of hydrogen-bond acceptors (Lipinski definition) is 2. The lowest BCUT2D eigenvalue weighted by atomic mass is 10.0. The Kier molecular flexibility index (Phi) is 18.7. The molecule has 0 bridgehead atoms. The van der Waals surface area contributed by atoms with Crippen LogP contribution in [0.1, 0.15) is 105 Å². The smallest absolute Gasteiger partial charge is 0.210 e. The summed E-state index contributed by atoms with van der Waals surface area (Å²) in [6, 6.07) is 37.6. The molecule has 4 heteroatoms. The third kappa shape index (κ3) is 12.9.